The van der Waals surface area contributed by atoms with Gasteiger partial charge in [0, 0.05) is 51.9 Å². The molecule has 1 aromatic carbocycles. The third kappa shape index (κ3) is 5.65. The summed E-state index contributed by atoms with van der Waals surface area (Å²) in [5, 5.41) is 10.7. The predicted molar refractivity (Wildman–Crippen MR) is 144 cm³/mol. The van der Waals surface area contributed by atoms with E-state index in [9.17, 15) is 27.5 Å². The van der Waals surface area contributed by atoms with E-state index < -0.39 is 38.6 Å². The van der Waals surface area contributed by atoms with Crippen molar-refractivity contribution in [3.05, 3.63) is 64.0 Å². The van der Waals surface area contributed by atoms with E-state index in [1.807, 2.05) is 4.90 Å². The van der Waals surface area contributed by atoms with Crippen LogP contribution >= 0.6 is 0 Å². The monoisotopic (exact) mass is 545 g/mol. The molecule has 12 heteroatoms. The molecule has 0 spiro atoms. The van der Waals surface area contributed by atoms with Gasteiger partial charge in [0.05, 0.1) is 17.6 Å². The highest BCUT2D eigenvalue weighted by Gasteiger charge is 2.26. The van der Waals surface area contributed by atoms with Crippen molar-refractivity contribution >= 4 is 32.8 Å². The lowest BCUT2D eigenvalue weighted by Gasteiger charge is -2.38. The van der Waals surface area contributed by atoms with Gasteiger partial charge in [-0.05, 0) is 44.0 Å². The van der Waals surface area contributed by atoms with Gasteiger partial charge in [-0.3, -0.25) is 23.2 Å². The molecule has 0 unspecified atom stereocenters. The van der Waals surface area contributed by atoms with Gasteiger partial charge < -0.3 is 10.0 Å². The number of halogens is 1. The van der Waals surface area contributed by atoms with E-state index in [1.165, 1.54) is 25.4 Å². The number of pyridine rings is 1. The van der Waals surface area contributed by atoms with Crippen LogP contribution in [-0.2, 0) is 16.4 Å². The first kappa shape index (κ1) is 27.5. The Bertz CT molecular complexity index is 1510. The van der Waals surface area contributed by atoms with Crippen LogP contribution in [0.3, 0.4) is 0 Å². The van der Waals surface area contributed by atoms with Crippen molar-refractivity contribution in [1.82, 2.24) is 14.3 Å². The number of anilines is 2. The number of carbonyl (C=O) groups is 1. The van der Waals surface area contributed by atoms with Crippen LogP contribution in [0.1, 0.15) is 36.3 Å². The lowest BCUT2D eigenvalue weighted by atomic mass is 10.1. The molecule has 1 aliphatic rings. The molecule has 4 rings (SSSR count). The van der Waals surface area contributed by atoms with Gasteiger partial charge in [-0.2, -0.15) is 0 Å². The quantitative estimate of drug-likeness (QED) is 0.429. The van der Waals surface area contributed by atoms with Gasteiger partial charge in [0.2, 0.25) is 15.8 Å². The molecule has 1 fully saturated rings. The molecule has 3 heterocycles. The topological polar surface area (TPSA) is 116 Å². The second kappa shape index (κ2) is 10.7. The van der Waals surface area contributed by atoms with Crippen LogP contribution in [0.25, 0.3) is 5.65 Å². The maximum absolute atomic E-state index is 13.3. The van der Waals surface area contributed by atoms with Gasteiger partial charge in [-0.25, -0.2) is 17.8 Å². The second-order valence-electron chi connectivity index (χ2n) is 9.79. The molecule has 1 aliphatic heterocycles. The maximum atomic E-state index is 13.3. The van der Waals surface area contributed by atoms with Crippen LogP contribution in [0.15, 0.2) is 41.3 Å². The Morgan fingerprint density at radius 1 is 1.16 bits per heavy atom. The Labute approximate surface area is 221 Å². The molecule has 2 aromatic heterocycles. The minimum Gasteiger partial charge on any atom is -0.501 e. The average molecular weight is 546 g/mol. The largest absolute Gasteiger partial charge is 0.501 e. The molecular formula is C26H32FN5O5S. The van der Waals surface area contributed by atoms with E-state index in [0.29, 0.717) is 30.4 Å². The lowest BCUT2D eigenvalue weighted by Crippen LogP contribution is -2.49. The summed E-state index contributed by atoms with van der Waals surface area (Å²) in [7, 11) is -2.40. The van der Waals surface area contributed by atoms with Gasteiger partial charge in [-0.15, -0.1) is 0 Å². The summed E-state index contributed by atoms with van der Waals surface area (Å²) in [5.74, 6) is -1.79. The number of hydrogen-bond acceptors (Lipinski definition) is 8. The third-order valence-corrected chi connectivity index (χ3v) is 8.12. The summed E-state index contributed by atoms with van der Waals surface area (Å²) < 4.78 is 40.2. The molecule has 38 heavy (non-hydrogen) atoms. The number of piperazine rings is 1. The minimum absolute atomic E-state index is 0.0598. The van der Waals surface area contributed by atoms with Crippen molar-refractivity contribution in [3.8, 4) is 5.75 Å². The fourth-order valence-corrected chi connectivity index (χ4v) is 4.99. The fraction of sp³-hybridized carbons (Fsp3) is 0.423. The lowest BCUT2D eigenvalue weighted by molar-refractivity contribution is 0.0975. The van der Waals surface area contributed by atoms with E-state index in [1.54, 1.807) is 18.2 Å². The van der Waals surface area contributed by atoms with Crippen LogP contribution < -0.4 is 14.8 Å². The number of benzene rings is 1. The number of hydrogen-bond donors (Lipinski definition) is 1. The normalized spacial score (nSPS) is 14.8. The first-order chi connectivity index (χ1) is 17.9. The van der Waals surface area contributed by atoms with E-state index in [-0.39, 0.29) is 24.2 Å². The van der Waals surface area contributed by atoms with Crippen molar-refractivity contribution < 1.29 is 22.7 Å². The molecule has 3 aromatic rings. The maximum Gasteiger partial charge on any atom is 0.300 e. The molecule has 10 nitrogen and oxygen atoms in total. The van der Waals surface area contributed by atoms with Crippen LogP contribution in [0.2, 0.25) is 0 Å². The molecule has 0 saturated carbocycles. The zero-order chi connectivity index (χ0) is 27.8. The minimum atomic E-state index is -3.75. The van der Waals surface area contributed by atoms with Crippen LogP contribution in [0.4, 0.5) is 15.8 Å². The number of aryl methyl sites for hydroxylation is 1. The van der Waals surface area contributed by atoms with Crippen molar-refractivity contribution in [3.63, 3.8) is 0 Å². The highest BCUT2D eigenvalue weighted by Crippen LogP contribution is 2.29. The summed E-state index contributed by atoms with van der Waals surface area (Å²) >= 11 is 0. The fourth-order valence-electron chi connectivity index (χ4n) is 4.50. The molecule has 0 amide bonds. The Kier molecular flexibility index (Phi) is 7.75. The molecular weight excluding hydrogens is 513 g/mol. The first-order valence-electron chi connectivity index (χ1n) is 12.4. The first-order valence-corrected chi connectivity index (χ1v) is 14.2. The number of ketones is 1. The van der Waals surface area contributed by atoms with Crippen molar-refractivity contribution in [2.75, 3.05) is 48.7 Å². The van der Waals surface area contributed by atoms with Gasteiger partial charge >= 0.3 is 5.56 Å². The number of carbonyl (C=O) groups excluding carboxylic acids is 1. The zero-order valence-corrected chi connectivity index (χ0v) is 22.7. The van der Waals surface area contributed by atoms with Crippen LogP contribution in [0, 0.1) is 5.82 Å². The molecule has 204 valence electrons. The highest BCUT2D eigenvalue weighted by molar-refractivity contribution is 7.92. The SMILES string of the molecule is CC(C)N1CCN(c2cc(N(C)S(C)(=O)=O)c3nc(C(=O)CCc4ccc(F)cc4)c(O)c(=O)n3c2)CC1. The molecule has 1 N–H and O–H groups in total. The third-order valence-electron chi connectivity index (χ3n) is 6.93. The van der Waals surface area contributed by atoms with Crippen molar-refractivity contribution in [1.29, 1.82) is 0 Å². The summed E-state index contributed by atoms with van der Waals surface area (Å²) in [6.07, 6.45) is 2.71. The molecule has 1 saturated heterocycles. The summed E-state index contributed by atoms with van der Waals surface area (Å²) in [4.78, 5) is 34.9. The summed E-state index contributed by atoms with van der Waals surface area (Å²) in [5.41, 5.74) is 0.0578. The average Bonchev–Trinajstić information content (AvgIpc) is 2.88. The Balaban J connectivity index is 1.76. The van der Waals surface area contributed by atoms with Crippen LogP contribution in [0.5, 0.6) is 5.75 Å². The standard InChI is InChI=1S/C26H32FN5O5S/c1-17(2)30-11-13-31(14-12-30)20-15-21(29(3)38(4,36)37)25-28-23(24(34)26(35)32(25)16-20)22(33)10-7-18-5-8-19(27)9-6-18/h5-6,8-9,15-17,34H,7,10-14H2,1-4H3. The number of sulfonamides is 1. The summed E-state index contributed by atoms with van der Waals surface area (Å²) in [6, 6.07) is 7.69. The predicted octanol–water partition coefficient (Wildman–Crippen LogP) is 2.28. The highest BCUT2D eigenvalue weighted by atomic mass is 32.2. The molecule has 0 atom stereocenters. The van der Waals surface area contributed by atoms with E-state index in [4.69, 9.17) is 0 Å². The van der Waals surface area contributed by atoms with Crippen LogP contribution in [-0.4, -0.2) is 79.1 Å². The zero-order valence-electron chi connectivity index (χ0n) is 21.9. The van der Waals surface area contributed by atoms with Crippen molar-refractivity contribution in [2.45, 2.75) is 32.7 Å². The molecule has 0 radical (unpaired) electrons. The molecule has 0 aliphatic carbocycles. The smallest absolute Gasteiger partial charge is 0.300 e. The van der Waals surface area contributed by atoms with E-state index >= 15 is 0 Å². The van der Waals surface area contributed by atoms with Gasteiger partial charge in [0.15, 0.2) is 17.1 Å². The Morgan fingerprint density at radius 3 is 2.37 bits per heavy atom. The number of nitrogens with zero attached hydrogens (tertiary/aromatic N) is 5. The Hall–Kier alpha value is -3.51. The summed E-state index contributed by atoms with van der Waals surface area (Å²) in [6.45, 7) is 7.17. The van der Waals surface area contributed by atoms with Crippen molar-refractivity contribution in [2.24, 2.45) is 0 Å². The number of fused-ring (bicyclic) bond motifs is 1. The van der Waals surface area contributed by atoms with E-state index in [2.05, 4.69) is 23.7 Å². The number of Topliss-reactive ketones (excluding diaryl/α,β-unsaturated/α-hetero) is 1. The van der Waals surface area contributed by atoms with Gasteiger partial charge in [-0.1, -0.05) is 12.1 Å². The van der Waals surface area contributed by atoms with Gasteiger partial charge in [0.25, 0.3) is 0 Å². The van der Waals surface area contributed by atoms with E-state index in [0.717, 1.165) is 28.1 Å². The molecule has 0 bridgehead atoms. The second-order valence-corrected chi connectivity index (χ2v) is 11.8. The number of aromatic hydroxyl groups is 1. The number of aromatic nitrogens is 2. The number of rotatable bonds is 8. The Morgan fingerprint density at radius 2 is 1.79 bits per heavy atom. The van der Waals surface area contributed by atoms with Gasteiger partial charge in [0.1, 0.15) is 5.82 Å².